The number of likely N-dealkylation sites (tertiary alicyclic amines) is 1. The van der Waals surface area contributed by atoms with E-state index in [9.17, 15) is 4.79 Å². The summed E-state index contributed by atoms with van der Waals surface area (Å²) in [5.74, 6) is 0.00438. The fraction of sp³-hybridized carbons (Fsp3) is 0.412. The monoisotopic (exact) mass is 296 g/mol. The Balaban J connectivity index is 1.65. The van der Waals surface area contributed by atoms with E-state index in [0.717, 1.165) is 37.9 Å². The summed E-state index contributed by atoms with van der Waals surface area (Å²) in [6.45, 7) is 2.68. The Kier molecular flexibility index (Phi) is 4.42. The molecule has 3 heterocycles. The van der Waals surface area contributed by atoms with Crippen molar-refractivity contribution in [3.05, 3.63) is 53.9 Å². The summed E-state index contributed by atoms with van der Waals surface area (Å²) in [4.78, 5) is 27.0. The molecule has 5 heteroatoms. The van der Waals surface area contributed by atoms with Crippen molar-refractivity contribution in [2.45, 2.75) is 38.6 Å². The molecule has 1 fully saturated rings. The number of nitrogens with zero attached hydrogens (tertiary/aromatic N) is 4. The molecule has 2 aromatic heterocycles. The number of carbonyl (C=O) groups is 1. The van der Waals surface area contributed by atoms with Crippen molar-refractivity contribution < 1.29 is 4.79 Å². The van der Waals surface area contributed by atoms with Crippen molar-refractivity contribution in [3.8, 4) is 0 Å². The number of hydrogen-bond donors (Lipinski definition) is 0. The smallest absolute Gasteiger partial charge is 0.274 e. The molecule has 114 valence electrons. The first kappa shape index (κ1) is 14.6. The van der Waals surface area contributed by atoms with Crippen LogP contribution in [0, 0.1) is 6.92 Å². The lowest BCUT2D eigenvalue weighted by Gasteiger charge is -2.24. The molecule has 0 bridgehead atoms. The summed E-state index contributed by atoms with van der Waals surface area (Å²) in [5.41, 5.74) is 2.54. The minimum Gasteiger partial charge on any atom is -0.334 e. The molecule has 1 aliphatic rings. The molecule has 0 aliphatic carbocycles. The summed E-state index contributed by atoms with van der Waals surface area (Å²) < 4.78 is 0. The highest BCUT2D eigenvalue weighted by molar-refractivity contribution is 5.92. The molecular formula is C17H20N4O. The summed E-state index contributed by atoms with van der Waals surface area (Å²) >= 11 is 0. The van der Waals surface area contributed by atoms with Crippen LogP contribution in [0.5, 0.6) is 0 Å². The summed E-state index contributed by atoms with van der Waals surface area (Å²) in [7, 11) is 0. The molecule has 0 saturated carbocycles. The Labute approximate surface area is 130 Å². The topological polar surface area (TPSA) is 59.0 Å². The molecular weight excluding hydrogens is 276 g/mol. The lowest BCUT2D eigenvalue weighted by atomic mass is 10.0. The lowest BCUT2D eigenvalue weighted by molar-refractivity contribution is 0.0724. The van der Waals surface area contributed by atoms with Crippen molar-refractivity contribution in [2.75, 3.05) is 6.54 Å². The van der Waals surface area contributed by atoms with Crippen LogP contribution in [-0.4, -0.2) is 38.3 Å². The highest BCUT2D eigenvalue weighted by Gasteiger charge is 2.29. The molecule has 22 heavy (non-hydrogen) atoms. The van der Waals surface area contributed by atoms with Crippen LogP contribution in [0.25, 0.3) is 0 Å². The molecule has 0 radical (unpaired) electrons. The second-order valence-corrected chi connectivity index (χ2v) is 5.73. The lowest BCUT2D eigenvalue weighted by Crippen LogP contribution is -2.36. The van der Waals surface area contributed by atoms with Crippen molar-refractivity contribution >= 4 is 5.91 Å². The number of carbonyl (C=O) groups excluding carboxylic acids is 1. The van der Waals surface area contributed by atoms with E-state index in [1.807, 2.05) is 36.4 Å². The first-order valence-corrected chi connectivity index (χ1v) is 7.72. The van der Waals surface area contributed by atoms with Crippen LogP contribution in [0.2, 0.25) is 0 Å². The van der Waals surface area contributed by atoms with E-state index >= 15 is 0 Å². The molecule has 0 spiro atoms. The van der Waals surface area contributed by atoms with E-state index in [4.69, 9.17) is 0 Å². The van der Waals surface area contributed by atoms with Gasteiger partial charge in [0.15, 0.2) is 0 Å². The Morgan fingerprint density at radius 1 is 1.27 bits per heavy atom. The SMILES string of the molecule is Cc1cnc(C(=O)N2CCC[C@H]2CCc2ccncc2)cn1. The zero-order valence-electron chi connectivity index (χ0n) is 12.8. The maximum absolute atomic E-state index is 12.6. The first-order chi connectivity index (χ1) is 10.7. The number of aryl methyl sites for hydroxylation is 2. The predicted molar refractivity (Wildman–Crippen MR) is 83.4 cm³/mol. The highest BCUT2D eigenvalue weighted by Crippen LogP contribution is 2.23. The fourth-order valence-corrected chi connectivity index (χ4v) is 2.94. The molecule has 0 unspecified atom stereocenters. The van der Waals surface area contributed by atoms with E-state index in [1.165, 1.54) is 5.56 Å². The second-order valence-electron chi connectivity index (χ2n) is 5.73. The fourth-order valence-electron chi connectivity index (χ4n) is 2.94. The molecule has 2 aromatic rings. The van der Waals surface area contributed by atoms with Gasteiger partial charge in [-0.2, -0.15) is 0 Å². The van der Waals surface area contributed by atoms with Gasteiger partial charge in [-0.05, 0) is 50.3 Å². The number of hydrogen-bond acceptors (Lipinski definition) is 4. The predicted octanol–water partition coefficient (Wildman–Crippen LogP) is 2.42. The average molecular weight is 296 g/mol. The Bertz CT molecular complexity index is 627. The molecule has 1 atom stereocenters. The van der Waals surface area contributed by atoms with Gasteiger partial charge in [-0.1, -0.05) is 0 Å². The van der Waals surface area contributed by atoms with Crippen LogP contribution < -0.4 is 0 Å². The summed E-state index contributed by atoms with van der Waals surface area (Å²) in [6.07, 6.45) is 10.9. The van der Waals surface area contributed by atoms with E-state index in [-0.39, 0.29) is 5.91 Å². The van der Waals surface area contributed by atoms with E-state index < -0.39 is 0 Å². The van der Waals surface area contributed by atoms with Gasteiger partial charge in [0.05, 0.1) is 11.9 Å². The van der Waals surface area contributed by atoms with Gasteiger partial charge in [0.2, 0.25) is 0 Å². The molecule has 0 N–H and O–H groups in total. The summed E-state index contributed by atoms with van der Waals surface area (Å²) in [5, 5.41) is 0. The minimum atomic E-state index is 0.00438. The molecule has 0 aromatic carbocycles. The maximum atomic E-state index is 12.6. The Hall–Kier alpha value is -2.30. The third-order valence-electron chi connectivity index (χ3n) is 4.15. The van der Waals surface area contributed by atoms with Crippen molar-refractivity contribution in [1.82, 2.24) is 19.9 Å². The van der Waals surface area contributed by atoms with Crippen LogP contribution in [0.1, 0.15) is 41.0 Å². The number of aromatic nitrogens is 3. The second kappa shape index (κ2) is 6.64. The zero-order valence-corrected chi connectivity index (χ0v) is 12.8. The first-order valence-electron chi connectivity index (χ1n) is 7.72. The van der Waals surface area contributed by atoms with Gasteiger partial charge >= 0.3 is 0 Å². The van der Waals surface area contributed by atoms with Crippen molar-refractivity contribution in [3.63, 3.8) is 0 Å². The Morgan fingerprint density at radius 2 is 2.09 bits per heavy atom. The van der Waals surface area contributed by atoms with E-state index in [0.29, 0.717) is 11.7 Å². The third-order valence-corrected chi connectivity index (χ3v) is 4.15. The van der Waals surface area contributed by atoms with Gasteiger partial charge in [-0.15, -0.1) is 0 Å². The molecule has 5 nitrogen and oxygen atoms in total. The van der Waals surface area contributed by atoms with Gasteiger partial charge in [0.25, 0.3) is 5.91 Å². The maximum Gasteiger partial charge on any atom is 0.274 e. The average Bonchev–Trinajstić information content (AvgIpc) is 3.02. The Morgan fingerprint density at radius 3 is 2.82 bits per heavy atom. The van der Waals surface area contributed by atoms with Crippen LogP contribution >= 0.6 is 0 Å². The normalized spacial score (nSPS) is 17.7. The van der Waals surface area contributed by atoms with Gasteiger partial charge in [-0.25, -0.2) is 4.98 Å². The molecule has 1 saturated heterocycles. The van der Waals surface area contributed by atoms with Crippen molar-refractivity contribution in [1.29, 1.82) is 0 Å². The number of rotatable bonds is 4. The van der Waals surface area contributed by atoms with Gasteiger partial charge in [-0.3, -0.25) is 14.8 Å². The van der Waals surface area contributed by atoms with Crippen LogP contribution in [0.3, 0.4) is 0 Å². The third kappa shape index (κ3) is 3.30. The van der Waals surface area contributed by atoms with Crippen LogP contribution in [0.15, 0.2) is 36.9 Å². The molecule has 1 aliphatic heterocycles. The zero-order chi connectivity index (χ0) is 15.4. The largest absolute Gasteiger partial charge is 0.334 e. The van der Waals surface area contributed by atoms with E-state index in [1.54, 1.807) is 12.4 Å². The van der Waals surface area contributed by atoms with Crippen molar-refractivity contribution in [2.24, 2.45) is 0 Å². The minimum absolute atomic E-state index is 0.00438. The van der Waals surface area contributed by atoms with E-state index in [2.05, 4.69) is 15.0 Å². The standard InChI is InChI=1S/C17H20N4O/c1-13-11-20-16(12-19-13)17(22)21-10-2-3-15(21)5-4-14-6-8-18-9-7-14/h6-9,11-12,15H,2-5,10H2,1H3/t15-/m0/s1. The molecule has 3 rings (SSSR count). The quantitative estimate of drug-likeness (QED) is 0.869. The van der Waals surface area contributed by atoms with Crippen LogP contribution in [0.4, 0.5) is 0 Å². The van der Waals surface area contributed by atoms with Gasteiger partial charge < -0.3 is 4.90 Å². The van der Waals surface area contributed by atoms with Gasteiger partial charge in [0.1, 0.15) is 5.69 Å². The van der Waals surface area contributed by atoms with Crippen LogP contribution in [-0.2, 0) is 6.42 Å². The van der Waals surface area contributed by atoms with Gasteiger partial charge in [0, 0.05) is 31.2 Å². The number of amides is 1. The molecule has 1 amide bonds. The number of pyridine rings is 1. The summed E-state index contributed by atoms with van der Waals surface area (Å²) in [6, 6.07) is 4.36. The highest BCUT2D eigenvalue weighted by atomic mass is 16.2.